The monoisotopic (exact) mass is 311 g/mol. The minimum absolute atomic E-state index is 0.524. The van der Waals surface area contributed by atoms with Gasteiger partial charge in [-0.2, -0.15) is 4.31 Å². The minimum atomic E-state index is -3.09. The van der Waals surface area contributed by atoms with Crippen LogP contribution in [0.2, 0.25) is 0 Å². The van der Waals surface area contributed by atoms with Crippen molar-refractivity contribution in [3.05, 3.63) is 17.6 Å². The summed E-state index contributed by atoms with van der Waals surface area (Å²) in [7, 11) is -3.09. The molecule has 0 aliphatic carbocycles. The topological polar surface area (TPSA) is 78.4 Å². The summed E-state index contributed by atoms with van der Waals surface area (Å²) >= 11 is 0. The van der Waals surface area contributed by atoms with Gasteiger partial charge in [0.1, 0.15) is 12.1 Å². The van der Waals surface area contributed by atoms with Crippen LogP contribution in [0.3, 0.4) is 0 Å². The zero-order valence-electron chi connectivity index (χ0n) is 12.2. The Labute approximate surface area is 125 Å². The number of piperazine rings is 1. The smallest absolute Gasteiger partial charge is 0.211 e. The van der Waals surface area contributed by atoms with Crippen LogP contribution >= 0.6 is 0 Å². The molecule has 0 aromatic carbocycles. The van der Waals surface area contributed by atoms with Crippen LogP contribution in [0, 0.1) is 0 Å². The second-order valence-electron chi connectivity index (χ2n) is 5.52. The van der Waals surface area contributed by atoms with Gasteiger partial charge in [0.15, 0.2) is 0 Å². The fourth-order valence-electron chi connectivity index (χ4n) is 2.96. The predicted molar refractivity (Wildman–Crippen MR) is 80.9 cm³/mol. The highest BCUT2D eigenvalue weighted by Crippen LogP contribution is 2.23. The van der Waals surface area contributed by atoms with Crippen LogP contribution in [-0.2, 0) is 22.9 Å². The fraction of sp³-hybridized carbons (Fsp3) is 0.692. The number of hydrogen-bond donors (Lipinski definition) is 1. The largest absolute Gasteiger partial charge is 0.354 e. The minimum Gasteiger partial charge on any atom is -0.354 e. The molecule has 7 nitrogen and oxygen atoms in total. The van der Waals surface area contributed by atoms with Gasteiger partial charge in [0.2, 0.25) is 10.0 Å². The zero-order valence-corrected chi connectivity index (χ0v) is 13.1. The lowest BCUT2D eigenvalue weighted by atomic mass is 10.1. The molecule has 1 aromatic rings. The number of sulfonamides is 1. The van der Waals surface area contributed by atoms with E-state index >= 15 is 0 Å². The summed E-state index contributed by atoms with van der Waals surface area (Å²) in [6, 6.07) is 0. The van der Waals surface area contributed by atoms with Gasteiger partial charge < -0.3 is 10.2 Å². The number of nitrogens with one attached hydrogen (secondary N) is 1. The Balaban J connectivity index is 1.80. The Kier molecular flexibility index (Phi) is 4.10. The molecule has 1 fully saturated rings. The molecule has 0 unspecified atom stereocenters. The van der Waals surface area contributed by atoms with Crippen LogP contribution in [0.4, 0.5) is 5.82 Å². The predicted octanol–water partition coefficient (Wildman–Crippen LogP) is -0.754. The van der Waals surface area contributed by atoms with E-state index in [0.29, 0.717) is 26.2 Å². The van der Waals surface area contributed by atoms with Crippen LogP contribution in [0.5, 0.6) is 0 Å². The van der Waals surface area contributed by atoms with Crippen molar-refractivity contribution in [2.75, 3.05) is 50.4 Å². The maximum absolute atomic E-state index is 11.6. The molecule has 2 aliphatic heterocycles. The second kappa shape index (κ2) is 5.86. The first-order chi connectivity index (χ1) is 10.1. The second-order valence-corrected chi connectivity index (χ2v) is 7.50. The van der Waals surface area contributed by atoms with Gasteiger partial charge in [-0.3, -0.25) is 0 Å². The molecule has 0 amide bonds. The average molecular weight is 311 g/mol. The average Bonchev–Trinajstić information content (AvgIpc) is 2.71. The lowest BCUT2D eigenvalue weighted by Crippen LogP contribution is -2.49. The van der Waals surface area contributed by atoms with Gasteiger partial charge in [0, 0.05) is 44.7 Å². The summed E-state index contributed by atoms with van der Waals surface area (Å²) in [6.45, 7) is 4.31. The molecular weight excluding hydrogens is 290 g/mol. The van der Waals surface area contributed by atoms with E-state index in [2.05, 4.69) is 20.2 Å². The van der Waals surface area contributed by atoms with E-state index in [9.17, 15) is 8.42 Å². The molecule has 116 valence electrons. The fourth-order valence-corrected chi connectivity index (χ4v) is 3.79. The van der Waals surface area contributed by atoms with Crippen molar-refractivity contribution >= 4 is 15.8 Å². The van der Waals surface area contributed by atoms with Gasteiger partial charge in [-0.25, -0.2) is 18.4 Å². The molecule has 21 heavy (non-hydrogen) atoms. The molecule has 0 spiro atoms. The Bertz CT molecular complexity index is 611. The number of anilines is 1. The van der Waals surface area contributed by atoms with Crippen LogP contribution < -0.4 is 10.2 Å². The lowest BCUT2D eigenvalue weighted by molar-refractivity contribution is 0.386. The summed E-state index contributed by atoms with van der Waals surface area (Å²) in [6.07, 6.45) is 4.75. The van der Waals surface area contributed by atoms with E-state index in [1.54, 1.807) is 6.33 Å². The summed E-state index contributed by atoms with van der Waals surface area (Å²) < 4.78 is 24.7. The molecule has 1 aromatic heterocycles. The molecule has 1 N–H and O–H groups in total. The normalized spacial score (nSPS) is 20.9. The maximum atomic E-state index is 11.6. The number of fused-ring (bicyclic) bond motifs is 1. The highest BCUT2D eigenvalue weighted by Gasteiger charge is 2.26. The van der Waals surface area contributed by atoms with Gasteiger partial charge in [-0.05, 0) is 13.0 Å². The van der Waals surface area contributed by atoms with Crippen molar-refractivity contribution in [1.29, 1.82) is 0 Å². The third kappa shape index (κ3) is 3.17. The standard InChI is InChI=1S/C13H21N5O2S/c1-21(19,20)18-8-6-17(7-9-18)13-11-2-4-14-5-3-12(11)15-10-16-13/h10,14H,2-9H2,1H3. The molecule has 2 aliphatic rings. The van der Waals surface area contributed by atoms with Crippen molar-refractivity contribution in [2.24, 2.45) is 0 Å². The van der Waals surface area contributed by atoms with Gasteiger partial charge in [0.05, 0.1) is 11.9 Å². The third-order valence-corrected chi connectivity index (χ3v) is 5.41. The summed E-state index contributed by atoms with van der Waals surface area (Å²) in [4.78, 5) is 11.1. The molecular formula is C13H21N5O2S. The summed E-state index contributed by atoms with van der Waals surface area (Å²) in [5.74, 6) is 0.983. The van der Waals surface area contributed by atoms with Gasteiger partial charge >= 0.3 is 0 Å². The first-order valence-electron chi connectivity index (χ1n) is 7.29. The molecule has 0 saturated carbocycles. The number of aromatic nitrogens is 2. The molecule has 1 saturated heterocycles. The zero-order chi connectivity index (χ0) is 14.9. The first-order valence-corrected chi connectivity index (χ1v) is 9.14. The van der Waals surface area contributed by atoms with E-state index in [4.69, 9.17) is 0 Å². The number of nitrogens with zero attached hydrogens (tertiary/aromatic N) is 4. The molecule has 0 radical (unpaired) electrons. The van der Waals surface area contributed by atoms with Gasteiger partial charge in [0.25, 0.3) is 0 Å². The molecule has 8 heteroatoms. The van der Waals surface area contributed by atoms with Crippen LogP contribution in [0.25, 0.3) is 0 Å². The van der Waals surface area contributed by atoms with Crippen molar-refractivity contribution in [3.63, 3.8) is 0 Å². The third-order valence-electron chi connectivity index (χ3n) is 4.11. The Morgan fingerprint density at radius 1 is 1.10 bits per heavy atom. The highest BCUT2D eigenvalue weighted by molar-refractivity contribution is 7.88. The van der Waals surface area contributed by atoms with Gasteiger partial charge in [-0.1, -0.05) is 0 Å². The Morgan fingerprint density at radius 3 is 2.52 bits per heavy atom. The maximum Gasteiger partial charge on any atom is 0.211 e. The van der Waals surface area contributed by atoms with E-state index in [0.717, 1.165) is 37.4 Å². The quantitative estimate of drug-likeness (QED) is 0.774. The SMILES string of the molecule is CS(=O)(=O)N1CCN(c2ncnc3c2CCNCC3)CC1. The summed E-state index contributed by atoms with van der Waals surface area (Å²) in [5.41, 5.74) is 2.34. The van der Waals surface area contributed by atoms with Crippen molar-refractivity contribution in [1.82, 2.24) is 19.6 Å². The Hall–Kier alpha value is -1.25. The van der Waals surface area contributed by atoms with Crippen molar-refractivity contribution < 1.29 is 8.42 Å². The molecule has 3 heterocycles. The number of rotatable bonds is 2. The van der Waals surface area contributed by atoms with Crippen LogP contribution in [0.1, 0.15) is 11.3 Å². The van der Waals surface area contributed by atoms with E-state index in [1.807, 2.05) is 0 Å². The van der Waals surface area contributed by atoms with E-state index in [-0.39, 0.29) is 0 Å². The Morgan fingerprint density at radius 2 is 1.81 bits per heavy atom. The van der Waals surface area contributed by atoms with E-state index < -0.39 is 10.0 Å². The van der Waals surface area contributed by atoms with Crippen molar-refractivity contribution in [2.45, 2.75) is 12.8 Å². The van der Waals surface area contributed by atoms with Crippen molar-refractivity contribution in [3.8, 4) is 0 Å². The van der Waals surface area contributed by atoms with E-state index in [1.165, 1.54) is 16.1 Å². The van der Waals surface area contributed by atoms with Crippen LogP contribution in [-0.4, -0.2) is 68.2 Å². The van der Waals surface area contributed by atoms with Crippen LogP contribution in [0.15, 0.2) is 6.33 Å². The highest BCUT2D eigenvalue weighted by atomic mass is 32.2. The first kappa shape index (κ1) is 14.7. The molecule has 0 atom stereocenters. The molecule has 0 bridgehead atoms. The molecule has 3 rings (SSSR count). The summed E-state index contributed by atoms with van der Waals surface area (Å²) in [5, 5.41) is 3.38. The van der Waals surface area contributed by atoms with Gasteiger partial charge in [-0.15, -0.1) is 0 Å². The number of hydrogen-bond acceptors (Lipinski definition) is 6. The lowest BCUT2D eigenvalue weighted by Gasteiger charge is -2.35.